The quantitative estimate of drug-likeness (QED) is 0.695. The fourth-order valence-corrected chi connectivity index (χ4v) is 12.4. The Morgan fingerprint density at radius 1 is 0.895 bits per heavy atom. The van der Waals surface area contributed by atoms with Crippen LogP contribution in [0, 0.1) is 10.8 Å². The molecule has 0 saturated carbocycles. The summed E-state index contributed by atoms with van der Waals surface area (Å²) < 4.78 is 34.5. The number of hydrogen-bond acceptors (Lipinski definition) is 7. The number of hydrogen-bond donors (Lipinski definition) is 0. The normalized spacial score (nSPS) is 31.8. The molecule has 5 nitrogen and oxygen atoms in total. The molecular weight excluding hydrogens is 326 g/mol. The average Bonchev–Trinajstić information content (AvgIpc) is 2.29. The van der Waals surface area contributed by atoms with Crippen molar-refractivity contribution in [3.63, 3.8) is 0 Å². The molecule has 2 saturated heterocycles. The summed E-state index contributed by atoms with van der Waals surface area (Å²) in [5.41, 5.74) is -2.82. The van der Waals surface area contributed by atoms with E-state index in [9.17, 15) is 4.57 Å². The summed E-state index contributed by atoms with van der Waals surface area (Å²) in [5.74, 6) is 0. The van der Waals surface area contributed by atoms with E-state index in [1.165, 1.54) is 0 Å². The van der Waals surface area contributed by atoms with Gasteiger partial charge in [-0.15, -0.1) is 0 Å². The molecule has 19 heavy (non-hydrogen) atoms. The molecule has 0 bridgehead atoms. The molecule has 0 spiro atoms. The first-order valence-corrected chi connectivity index (χ1v) is 12.2. The maximum atomic E-state index is 12.5. The monoisotopic (exact) mass is 346 g/mol. The van der Waals surface area contributed by atoms with Gasteiger partial charge in [0.05, 0.1) is 37.4 Å². The SMILES string of the molecule is CC1(C)COP(=O)(SP2(=S)OCC(C)(C)CO2)OC1. The Labute approximate surface area is 123 Å². The highest BCUT2D eigenvalue weighted by atomic mass is 33.2. The van der Waals surface area contributed by atoms with E-state index in [2.05, 4.69) is 0 Å². The van der Waals surface area contributed by atoms with Crippen molar-refractivity contribution in [1.82, 2.24) is 0 Å². The van der Waals surface area contributed by atoms with Gasteiger partial charge in [-0.05, 0) is 11.8 Å². The van der Waals surface area contributed by atoms with E-state index >= 15 is 0 Å². The maximum absolute atomic E-state index is 12.5. The van der Waals surface area contributed by atoms with Crippen LogP contribution in [0.15, 0.2) is 0 Å². The van der Waals surface area contributed by atoms with E-state index in [-0.39, 0.29) is 10.8 Å². The molecule has 2 heterocycles. The third-order valence-corrected chi connectivity index (χ3v) is 13.3. The van der Waals surface area contributed by atoms with Crippen molar-refractivity contribution in [3.8, 4) is 0 Å². The van der Waals surface area contributed by atoms with Gasteiger partial charge in [0.25, 0.3) is 5.69 Å². The van der Waals surface area contributed by atoms with E-state index in [1.807, 2.05) is 27.7 Å². The first-order chi connectivity index (χ1) is 8.54. The van der Waals surface area contributed by atoms with Crippen molar-refractivity contribution in [2.75, 3.05) is 26.4 Å². The topological polar surface area (TPSA) is 54.0 Å². The summed E-state index contributed by atoms with van der Waals surface area (Å²) in [6.07, 6.45) is 0. The van der Waals surface area contributed by atoms with Crippen LogP contribution in [0.2, 0.25) is 0 Å². The Balaban J connectivity index is 1.98. The summed E-state index contributed by atoms with van der Waals surface area (Å²) in [7, 11) is 0. The summed E-state index contributed by atoms with van der Waals surface area (Å²) in [6, 6.07) is 0. The lowest BCUT2D eigenvalue weighted by Crippen LogP contribution is -2.30. The fourth-order valence-electron chi connectivity index (χ4n) is 1.39. The molecule has 112 valence electrons. The molecule has 0 aromatic heterocycles. The highest BCUT2D eigenvalue weighted by Gasteiger charge is 2.45. The predicted molar refractivity (Wildman–Crippen MR) is 80.9 cm³/mol. The average molecular weight is 346 g/mol. The van der Waals surface area contributed by atoms with Crippen molar-refractivity contribution < 1.29 is 22.7 Å². The predicted octanol–water partition coefficient (Wildman–Crippen LogP) is 4.20. The molecule has 0 aromatic rings. The molecule has 2 aliphatic rings. The molecular formula is C10H20O5P2S2. The van der Waals surface area contributed by atoms with Gasteiger partial charge in [-0.2, -0.15) is 0 Å². The molecule has 0 radical (unpaired) electrons. The van der Waals surface area contributed by atoms with E-state index in [0.717, 1.165) is 11.0 Å². The number of rotatable bonds is 2. The molecule has 2 fully saturated rings. The molecule has 2 rings (SSSR count). The third-order valence-electron chi connectivity index (χ3n) is 2.65. The van der Waals surface area contributed by atoms with E-state index in [1.54, 1.807) is 0 Å². The summed E-state index contributed by atoms with van der Waals surface area (Å²) >= 11 is 6.30. The van der Waals surface area contributed by atoms with Crippen molar-refractivity contribution in [3.05, 3.63) is 0 Å². The Kier molecular flexibility index (Phi) is 4.64. The third kappa shape index (κ3) is 4.52. The van der Waals surface area contributed by atoms with Gasteiger partial charge < -0.3 is 9.05 Å². The second kappa shape index (κ2) is 5.36. The van der Waals surface area contributed by atoms with Crippen LogP contribution in [0.1, 0.15) is 27.7 Å². The van der Waals surface area contributed by atoms with Crippen LogP contribution in [0.5, 0.6) is 0 Å². The highest BCUT2D eigenvalue weighted by Crippen LogP contribution is 2.81. The van der Waals surface area contributed by atoms with Crippen molar-refractivity contribution >= 4 is 35.3 Å². The minimum absolute atomic E-state index is 0.0619. The van der Waals surface area contributed by atoms with Crippen LogP contribution < -0.4 is 0 Å². The Morgan fingerprint density at radius 3 is 1.68 bits per heavy atom. The van der Waals surface area contributed by atoms with Crippen LogP contribution in [-0.2, 0) is 34.5 Å². The fraction of sp³-hybridized carbons (Fsp3) is 1.00. The van der Waals surface area contributed by atoms with Crippen LogP contribution in [0.25, 0.3) is 0 Å². The smallest absolute Gasteiger partial charge is 0.321 e. The van der Waals surface area contributed by atoms with Gasteiger partial charge in [0.15, 0.2) is 0 Å². The molecule has 9 heteroatoms. The summed E-state index contributed by atoms with van der Waals surface area (Å²) in [4.78, 5) is 0. The van der Waals surface area contributed by atoms with Crippen molar-refractivity contribution in [1.29, 1.82) is 0 Å². The van der Waals surface area contributed by atoms with Gasteiger partial charge in [-0.25, -0.2) is 4.57 Å². The second-order valence-corrected chi connectivity index (χ2v) is 16.3. The minimum Gasteiger partial charge on any atom is -0.321 e. The van der Waals surface area contributed by atoms with Gasteiger partial charge in [0, 0.05) is 10.8 Å². The van der Waals surface area contributed by atoms with Crippen LogP contribution in [0.3, 0.4) is 0 Å². The maximum Gasteiger partial charge on any atom is 0.398 e. The molecule has 0 N–H and O–H groups in total. The zero-order valence-corrected chi connectivity index (χ0v) is 15.0. The molecule has 0 aromatic carbocycles. The van der Waals surface area contributed by atoms with E-state index < -0.39 is 12.5 Å². The highest BCUT2D eigenvalue weighted by molar-refractivity contribution is 8.91. The molecule has 0 atom stereocenters. The first-order valence-electron chi connectivity index (χ1n) is 6.03. The zero-order valence-electron chi connectivity index (χ0n) is 11.6. The Hall–Kier alpha value is 1.07. The van der Waals surface area contributed by atoms with Gasteiger partial charge in [-0.1, -0.05) is 27.7 Å². The Bertz CT molecular complexity index is 383. The van der Waals surface area contributed by atoms with Crippen molar-refractivity contribution in [2.45, 2.75) is 27.7 Å². The van der Waals surface area contributed by atoms with Crippen LogP contribution in [-0.4, -0.2) is 26.4 Å². The lowest BCUT2D eigenvalue weighted by molar-refractivity contribution is 0.0497. The molecule has 0 amide bonds. The summed E-state index contributed by atoms with van der Waals surface area (Å²) in [5, 5.41) is 0. The Morgan fingerprint density at radius 2 is 1.26 bits per heavy atom. The lowest BCUT2D eigenvalue weighted by Gasteiger charge is -2.38. The second-order valence-electron chi connectivity index (χ2n) is 6.40. The van der Waals surface area contributed by atoms with E-state index in [4.69, 9.17) is 29.9 Å². The van der Waals surface area contributed by atoms with E-state index in [0.29, 0.717) is 26.4 Å². The molecule has 0 unspecified atom stereocenters. The van der Waals surface area contributed by atoms with Gasteiger partial charge >= 0.3 is 6.80 Å². The van der Waals surface area contributed by atoms with Crippen molar-refractivity contribution in [2.24, 2.45) is 10.8 Å². The minimum atomic E-state index is -3.26. The van der Waals surface area contributed by atoms with Gasteiger partial charge in [0.1, 0.15) is 0 Å². The molecule has 2 aliphatic heterocycles. The zero-order chi connectivity index (χ0) is 14.4. The molecule has 0 aliphatic carbocycles. The van der Waals surface area contributed by atoms with Gasteiger partial charge in [0.2, 0.25) is 0 Å². The van der Waals surface area contributed by atoms with Gasteiger partial charge in [-0.3, -0.25) is 9.05 Å². The largest absolute Gasteiger partial charge is 0.398 e. The lowest BCUT2D eigenvalue weighted by atomic mass is 9.97. The first kappa shape index (κ1) is 16.4. The van der Waals surface area contributed by atoms with Crippen LogP contribution in [0.4, 0.5) is 0 Å². The summed E-state index contributed by atoms with van der Waals surface area (Å²) in [6.45, 7) is 6.59. The van der Waals surface area contributed by atoms with Crippen LogP contribution >= 0.6 is 23.5 Å². The standard InChI is InChI=1S/C10H20O5P2S2/c1-9(2)5-12-16(11,13-6-9)19-17(18)14-7-10(3,4)8-15-17/h5-8H2,1-4H3.